The third-order valence-electron chi connectivity index (χ3n) is 1.77. The first-order chi connectivity index (χ1) is 4.72. The number of piperidine rings is 1. The van der Waals surface area contributed by atoms with Crippen LogP contribution in [-0.4, -0.2) is 35.4 Å². The van der Waals surface area contributed by atoms with Gasteiger partial charge in [0.25, 0.3) is 0 Å². The van der Waals surface area contributed by atoms with Gasteiger partial charge in [0.05, 0.1) is 12.0 Å². The normalized spacial score (nSPS) is 33.7. The molecule has 4 heteroatoms. The summed E-state index contributed by atoms with van der Waals surface area (Å²) >= 11 is 0. The van der Waals surface area contributed by atoms with Gasteiger partial charge in [-0.25, -0.2) is 0 Å². The topological polar surface area (TPSA) is 69.6 Å². The summed E-state index contributed by atoms with van der Waals surface area (Å²) in [5.74, 6) is -1.46. The van der Waals surface area contributed by atoms with E-state index < -0.39 is 18.0 Å². The van der Waals surface area contributed by atoms with Gasteiger partial charge in [0.2, 0.25) is 0 Å². The van der Waals surface area contributed by atoms with Gasteiger partial charge in [-0.1, -0.05) is 0 Å². The largest absolute Gasteiger partial charge is 0.481 e. The second kappa shape index (κ2) is 2.98. The van der Waals surface area contributed by atoms with Crippen molar-refractivity contribution in [3.05, 3.63) is 0 Å². The SMILES string of the molecule is O=C(O)C1CCNCC1O. The van der Waals surface area contributed by atoms with Gasteiger partial charge in [-0.15, -0.1) is 0 Å². The van der Waals surface area contributed by atoms with Crippen LogP contribution < -0.4 is 5.32 Å². The molecular weight excluding hydrogens is 134 g/mol. The zero-order valence-electron chi connectivity index (χ0n) is 5.58. The van der Waals surface area contributed by atoms with Crippen LogP contribution in [0.4, 0.5) is 0 Å². The average Bonchev–Trinajstić information content (AvgIpc) is 1.88. The molecule has 58 valence electrons. The molecule has 3 N–H and O–H groups in total. The quantitative estimate of drug-likeness (QED) is 0.444. The molecule has 1 fully saturated rings. The molecule has 1 aliphatic heterocycles. The fourth-order valence-electron chi connectivity index (χ4n) is 1.13. The number of carboxylic acid groups (broad SMARTS) is 1. The summed E-state index contributed by atoms with van der Waals surface area (Å²) < 4.78 is 0. The summed E-state index contributed by atoms with van der Waals surface area (Å²) in [5, 5.41) is 20.5. The van der Waals surface area contributed by atoms with Crippen LogP contribution >= 0.6 is 0 Å². The van der Waals surface area contributed by atoms with Crippen LogP contribution in [0.3, 0.4) is 0 Å². The minimum absolute atomic E-state index is 0.400. The van der Waals surface area contributed by atoms with Gasteiger partial charge in [-0.3, -0.25) is 4.79 Å². The molecule has 10 heavy (non-hydrogen) atoms. The van der Waals surface area contributed by atoms with Gasteiger partial charge in [0.1, 0.15) is 0 Å². The number of β-amino-alcohol motifs (C(OH)–C–C–N with tert-alkyl or cyclic N) is 1. The first-order valence-corrected chi connectivity index (χ1v) is 3.33. The van der Waals surface area contributed by atoms with E-state index in [1.807, 2.05) is 0 Å². The molecule has 0 radical (unpaired) electrons. The summed E-state index contributed by atoms with van der Waals surface area (Å²) in [6, 6.07) is 0. The highest BCUT2D eigenvalue weighted by Crippen LogP contribution is 2.11. The Morgan fingerprint density at radius 3 is 2.70 bits per heavy atom. The van der Waals surface area contributed by atoms with E-state index in [0.717, 1.165) is 0 Å². The third kappa shape index (κ3) is 1.46. The zero-order chi connectivity index (χ0) is 7.56. The highest BCUT2D eigenvalue weighted by molar-refractivity contribution is 5.70. The smallest absolute Gasteiger partial charge is 0.309 e. The number of aliphatic hydroxyl groups is 1. The molecule has 0 aromatic carbocycles. The lowest BCUT2D eigenvalue weighted by atomic mass is 9.96. The Bertz CT molecular complexity index is 137. The maximum absolute atomic E-state index is 10.4. The predicted molar refractivity (Wildman–Crippen MR) is 34.6 cm³/mol. The number of hydrogen-bond donors (Lipinski definition) is 3. The van der Waals surface area contributed by atoms with Crippen molar-refractivity contribution in [3.63, 3.8) is 0 Å². The zero-order valence-corrected chi connectivity index (χ0v) is 5.58. The Hall–Kier alpha value is -0.610. The molecule has 0 aromatic rings. The van der Waals surface area contributed by atoms with Crippen molar-refractivity contribution in [2.45, 2.75) is 12.5 Å². The van der Waals surface area contributed by atoms with Crippen molar-refractivity contribution in [3.8, 4) is 0 Å². The van der Waals surface area contributed by atoms with E-state index in [4.69, 9.17) is 10.2 Å². The van der Waals surface area contributed by atoms with Crippen molar-refractivity contribution in [1.82, 2.24) is 5.32 Å². The van der Waals surface area contributed by atoms with Crippen LogP contribution in [-0.2, 0) is 4.79 Å². The van der Waals surface area contributed by atoms with E-state index in [1.165, 1.54) is 0 Å². The molecular formula is C6H11NO3. The predicted octanol–water partition coefficient (Wildman–Crippen LogP) is -0.959. The Morgan fingerprint density at radius 2 is 2.30 bits per heavy atom. The fraction of sp³-hybridized carbons (Fsp3) is 0.833. The van der Waals surface area contributed by atoms with Gasteiger partial charge >= 0.3 is 5.97 Å². The van der Waals surface area contributed by atoms with Gasteiger partial charge < -0.3 is 15.5 Å². The second-order valence-corrected chi connectivity index (χ2v) is 2.50. The third-order valence-corrected chi connectivity index (χ3v) is 1.77. The second-order valence-electron chi connectivity index (χ2n) is 2.50. The summed E-state index contributed by atoms with van der Waals surface area (Å²) in [7, 11) is 0. The van der Waals surface area contributed by atoms with Crippen LogP contribution in [0.25, 0.3) is 0 Å². The van der Waals surface area contributed by atoms with Gasteiger partial charge in [-0.05, 0) is 13.0 Å². The van der Waals surface area contributed by atoms with E-state index in [2.05, 4.69) is 5.32 Å². The Morgan fingerprint density at radius 1 is 1.60 bits per heavy atom. The van der Waals surface area contributed by atoms with Crippen molar-refractivity contribution in [2.75, 3.05) is 13.1 Å². The van der Waals surface area contributed by atoms with E-state index in [-0.39, 0.29) is 0 Å². The molecule has 0 bridgehead atoms. The van der Waals surface area contributed by atoms with Crippen molar-refractivity contribution >= 4 is 5.97 Å². The molecule has 0 aliphatic carbocycles. The highest BCUT2D eigenvalue weighted by Gasteiger charge is 2.28. The monoisotopic (exact) mass is 145 g/mol. The van der Waals surface area contributed by atoms with Crippen LogP contribution in [0.2, 0.25) is 0 Å². The summed E-state index contributed by atoms with van der Waals surface area (Å²) in [5.41, 5.74) is 0. The summed E-state index contributed by atoms with van der Waals surface area (Å²) in [4.78, 5) is 10.4. The number of aliphatic carboxylic acids is 1. The van der Waals surface area contributed by atoms with E-state index in [1.54, 1.807) is 0 Å². The van der Waals surface area contributed by atoms with Crippen molar-refractivity contribution < 1.29 is 15.0 Å². The van der Waals surface area contributed by atoms with Crippen LogP contribution in [0, 0.1) is 5.92 Å². The summed E-state index contributed by atoms with van der Waals surface area (Å²) in [6.07, 6.45) is -0.192. The minimum Gasteiger partial charge on any atom is -0.481 e. The lowest BCUT2D eigenvalue weighted by Gasteiger charge is -2.24. The molecule has 2 unspecified atom stereocenters. The number of carbonyl (C=O) groups is 1. The fourth-order valence-corrected chi connectivity index (χ4v) is 1.13. The molecule has 4 nitrogen and oxygen atoms in total. The van der Waals surface area contributed by atoms with Crippen LogP contribution in [0.5, 0.6) is 0 Å². The number of nitrogens with one attached hydrogen (secondary N) is 1. The van der Waals surface area contributed by atoms with Crippen LogP contribution in [0.15, 0.2) is 0 Å². The summed E-state index contributed by atoms with van der Waals surface area (Å²) in [6.45, 7) is 1.09. The standard InChI is InChI=1S/C6H11NO3/c8-5-3-7-2-1-4(5)6(9)10/h4-5,7-8H,1-3H2,(H,9,10). The first-order valence-electron chi connectivity index (χ1n) is 3.33. The molecule has 1 heterocycles. The number of carboxylic acids is 1. The van der Waals surface area contributed by atoms with Gasteiger partial charge in [-0.2, -0.15) is 0 Å². The van der Waals surface area contributed by atoms with Crippen LogP contribution in [0.1, 0.15) is 6.42 Å². The molecule has 2 atom stereocenters. The van der Waals surface area contributed by atoms with Gasteiger partial charge in [0, 0.05) is 6.54 Å². The maximum Gasteiger partial charge on any atom is 0.309 e. The lowest BCUT2D eigenvalue weighted by Crippen LogP contribution is -2.43. The highest BCUT2D eigenvalue weighted by atomic mass is 16.4. The molecule has 0 aromatic heterocycles. The molecule has 0 saturated carbocycles. The number of aliphatic hydroxyl groups excluding tert-OH is 1. The Balaban J connectivity index is 2.47. The molecule has 0 amide bonds. The van der Waals surface area contributed by atoms with E-state index >= 15 is 0 Å². The Kier molecular flexibility index (Phi) is 2.24. The average molecular weight is 145 g/mol. The first kappa shape index (κ1) is 7.50. The number of rotatable bonds is 1. The Labute approximate surface area is 58.9 Å². The van der Waals surface area contributed by atoms with Crippen molar-refractivity contribution in [2.24, 2.45) is 5.92 Å². The molecule has 1 rings (SSSR count). The van der Waals surface area contributed by atoms with Gasteiger partial charge in [0.15, 0.2) is 0 Å². The van der Waals surface area contributed by atoms with Crippen molar-refractivity contribution in [1.29, 1.82) is 0 Å². The van der Waals surface area contributed by atoms with E-state index in [9.17, 15) is 4.79 Å². The molecule has 1 aliphatic rings. The lowest BCUT2D eigenvalue weighted by molar-refractivity contribution is -0.146. The minimum atomic E-state index is -0.894. The maximum atomic E-state index is 10.4. The molecule has 0 spiro atoms. The van der Waals surface area contributed by atoms with E-state index in [0.29, 0.717) is 19.5 Å². The molecule has 1 saturated heterocycles. The number of hydrogen-bond acceptors (Lipinski definition) is 3.